The highest BCUT2D eigenvalue weighted by molar-refractivity contribution is 5.94. The molecule has 6 heteroatoms. The average Bonchev–Trinajstić information content (AvgIpc) is 2.72. The number of benzene rings is 3. The maximum Gasteiger partial charge on any atom is 0.269 e. The van der Waals surface area contributed by atoms with Gasteiger partial charge in [0.15, 0.2) is 0 Å². The molecule has 3 aromatic rings. The largest absolute Gasteiger partial charge is 0.489 e. The van der Waals surface area contributed by atoms with Crippen LogP contribution in [0, 0.1) is 10.1 Å². The van der Waals surface area contributed by atoms with E-state index in [4.69, 9.17) is 4.74 Å². The molecule has 0 saturated carbocycles. The molecular formula is C21H18N2O4. The molecule has 0 aliphatic heterocycles. The third kappa shape index (κ3) is 5.15. The molecule has 0 heterocycles. The molecule has 0 unspecified atom stereocenters. The lowest BCUT2D eigenvalue weighted by Crippen LogP contribution is -2.22. The number of carbonyl (C=O) groups excluding carboxylic acids is 1. The van der Waals surface area contributed by atoms with Gasteiger partial charge in [0.25, 0.3) is 11.6 Å². The zero-order valence-electron chi connectivity index (χ0n) is 14.5. The Morgan fingerprint density at radius 3 is 2.19 bits per heavy atom. The Morgan fingerprint density at radius 1 is 0.889 bits per heavy atom. The van der Waals surface area contributed by atoms with Crippen LogP contribution < -0.4 is 10.1 Å². The first-order valence-corrected chi connectivity index (χ1v) is 8.40. The van der Waals surface area contributed by atoms with Gasteiger partial charge in [-0.1, -0.05) is 42.5 Å². The predicted octanol–water partition coefficient (Wildman–Crippen LogP) is 4.10. The van der Waals surface area contributed by atoms with Gasteiger partial charge in [0.2, 0.25) is 0 Å². The van der Waals surface area contributed by atoms with Gasteiger partial charge >= 0.3 is 0 Å². The number of hydrogen-bond donors (Lipinski definition) is 1. The normalized spacial score (nSPS) is 10.2. The number of hydrogen-bond acceptors (Lipinski definition) is 4. The van der Waals surface area contributed by atoms with E-state index < -0.39 is 4.92 Å². The van der Waals surface area contributed by atoms with Gasteiger partial charge < -0.3 is 10.1 Å². The molecule has 0 aliphatic carbocycles. The summed E-state index contributed by atoms with van der Waals surface area (Å²) in [5.74, 6) is 0.471. The molecule has 6 nitrogen and oxygen atoms in total. The van der Waals surface area contributed by atoms with Crippen LogP contribution in [0.2, 0.25) is 0 Å². The van der Waals surface area contributed by atoms with Gasteiger partial charge in [0.05, 0.1) is 4.92 Å². The van der Waals surface area contributed by atoms with Gasteiger partial charge in [-0.15, -0.1) is 0 Å². The maximum absolute atomic E-state index is 12.1. The van der Waals surface area contributed by atoms with Gasteiger partial charge in [0.1, 0.15) is 12.4 Å². The van der Waals surface area contributed by atoms with Gasteiger partial charge in [0, 0.05) is 24.2 Å². The van der Waals surface area contributed by atoms with Crippen molar-refractivity contribution < 1.29 is 14.5 Å². The van der Waals surface area contributed by atoms with Crippen molar-refractivity contribution >= 4 is 11.6 Å². The van der Waals surface area contributed by atoms with Gasteiger partial charge in [-0.2, -0.15) is 0 Å². The van der Waals surface area contributed by atoms with Crippen molar-refractivity contribution in [3.05, 3.63) is 106 Å². The fourth-order valence-corrected chi connectivity index (χ4v) is 2.46. The third-order valence-corrected chi connectivity index (χ3v) is 3.97. The first-order chi connectivity index (χ1) is 13.1. The highest BCUT2D eigenvalue weighted by Gasteiger charge is 2.09. The molecule has 1 N–H and O–H groups in total. The Hall–Kier alpha value is -3.67. The Morgan fingerprint density at radius 2 is 1.56 bits per heavy atom. The fraction of sp³-hybridized carbons (Fsp3) is 0.0952. The summed E-state index contributed by atoms with van der Waals surface area (Å²) in [5, 5.41) is 13.4. The molecule has 0 spiro atoms. The predicted molar refractivity (Wildman–Crippen MR) is 101 cm³/mol. The number of non-ortho nitro benzene ring substituents is 1. The van der Waals surface area contributed by atoms with Crippen molar-refractivity contribution in [3.8, 4) is 5.75 Å². The molecule has 0 saturated heterocycles. The van der Waals surface area contributed by atoms with Crippen LogP contribution >= 0.6 is 0 Å². The number of ether oxygens (including phenoxy) is 1. The van der Waals surface area contributed by atoms with E-state index in [1.54, 1.807) is 0 Å². The van der Waals surface area contributed by atoms with Gasteiger partial charge in [-0.3, -0.25) is 14.9 Å². The highest BCUT2D eigenvalue weighted by atomic mass is 16.6. The van der Waals surface area contributed by atoms with Crippen LogP contribution in [-0.2, 0) is 13.2 Å². The van der Waals surface area contributed by atoms with Crippen molar-refractivity contribution in [3.63, 3.8) is 0 Å². The minimum atomic E-state index is -0.497. The summed E-state index contributed by atoms with van der Waals surface area (Å²) in [5.41, 5.74) is 2.36. The van der Waals surface area contributed by atoms with Crippen LogP contribution in [0.5, 0.6) is 5.75 Å². The molecule has 3 rings (SSSR count). The van der Waals surface area contributed by atoms with E-state index in [2.05, 4.69) is 5.32 Å². The lowest BCUT2D eigenvalue weighted by atomic mass is 10.1. The van der Waals surface area contributed by atoms with E-state index in [0.717, 1.165) is 16.9 Å². The lowest BCUT2D eigenvalue weighted by Gasteiger charge is -2.08. The summed E-state index contributed by atoms with van der Waals surface area (Å²) in [4.78, 5) is 22.3. The Bertz CT molecular complexity index is 907. The van der Waals surface area contributed by atoms with Crippen molar-refractivity contribution in [2.75, 3.05) is 0 Å². The second kappa shape index (κ2) is 8.62. The molecule has 0 atom stereocenters. The van der Waals surface area contributed by atoms with Crippen molar-refractivity contribution in [2.45, 2.75) is 13.2 Å². The molecule has 0 bridgehead atoms. The van der Waals surface area contributed by atoms with E-state index in [1.165, 1.54) is 24.3 Å². The smallest absolute Gasteiger partial charge is 0.269 e. The van der Waals surface area contributed by atoms with E-state index in [1.807, 2.05) is 54.6 Å². The number of nitrogens with one attached hydrogen (secondary N) is 1. The van der Waals surface area contributed by atoms with E-state index in [-0.39, 0.29) is 11.6 Å². The topological polar surface area (TPSA) is 81.5 Å². The molecule has 0 fully saturated rings. The molecule has 1 amide bonds. The van der Waals surface area contributed by atoms with Crippen molar-refractivity contribution in [1.82, 2.24) is 5.32 Å². The first-order valence-electron chi connectivity index (χ1n) is 8.40. The molecule has 27 heavy (non-hydrogen) atoms. The minimum absolute atomic E-state index is 0.0439. The molecule has 3 aromatic carbocycles. The number of nitro benzene ring substituents is 1. The molecule has 0 radical (unpaired) electrons. The first kappa shape index (κ1) is 18.1. The van der Waals surface area contributed by atoms with Crippen molar-refractivity contribution in [1.29, 1.82) is 0 Å². The number of nitro groups is 1. The van der Waals surface area contributed by atoms with E-state index in [0.29, 0.717) is 18.7 Å². The van der Waals surface area contributed by atoms with E-state index in [9.17, 15) is 14.9 Å². The summed E-state index contributed by atoms with van der Waals surface area (Å²) in [6, 6.07) is 22.9. The highest BCUT2D eigenvalue weighted by Crippen LogP contribution is 2.15. The zero-order chi connectivity index (χ0) is 19.1. The number of nitrogens with zero attached hydrogens (tertiary/aromatic N) is 1. The van der Waals surface area contributed by atoms with Crippen molar-refractivity contribution in [2.24, 2.45) is 0 Å². The summed E-state index contributed by atoms with van der Waals surface area (Å²) < 4.78 is 5.73. The minimum Gasteiger partial charge on any atom is -0.489 e. The summed E-state index contributed by atoms with van der Waals surface area (Å²) in [6.45, 7) is 0.853. The maximum atomic E-state index is 12.1. The Labute approximate surface area is 156 Å². The zero-order valence-corrected chi connectivity index (χ0v) is 14.5. The van der Waals surface area contributed by atoms with Crippen LogP contribution in [-0.4, -0.2) is 10.8 Å². The number of amides is 1. The third-order valence-electron chi connectivity index (χ3n) is 3.97. The van der Waals surface area contributed by atoms with E-state index >= 15 is 0 Å². The monoisotopic (exact) mass is 362 g/mol. The second-order valence-electron chi connectivity index (χ2n) is 5.90. The van der Waals surface area contributed by atoms with Crippen LogP contribution in [0.15, 0.2) is 78.9 Å². The summed E-state index contributed by atoms with van der Waals surface area (Å²) in [7, 11) is 0. The summed E-state index contributed by atoms with van der Waals surface area (Å²) in [6.07, 6.45) is 0. The van der Waals surface area contributed by atoms with Crippen LogP contribution in [0.1, 0.15) is 21.5 Å². The standard InChI is InChI=1S/C21H18N2O4/c24-21(18-8-10-19(11-9-18)23(25)26)22-14-16-6-12-20(13-7-16)27-15-17-4-2-1-3-5-17/h1-13H,14-15H2,(H,22,24). The fourth-order valence-electron chi connectivity index (χ4n) is 2.46. The van der Waals surface area contributed by atoms with Gasteiger partial charge in [-0.25, -0.2) is 0 Å². The quantitative estimate of drug-likeness (QED) is 0.507. The Balaban J connectivity index is 1.50. The lowest BCUT2D eigenvalue weighted by molar-refractivity contribution is -0.384. The van der Waals surface area contributed by atoms with Gasteiger partial charge in [-0.05, 0) is 35.4 Å². The number of rotatable bonds is 7. The number of carbonyl (C=O) groups is 1. The molecular weight excluding hydrogens is 344 g/mol. The van der Waals surface area contributed by atoms with Crippen LogP contribution in [0.4, 0.5) is 5.69 Å². The van der Waals surface area contributed by atoms with Crippen LogP contribution in [0.25, 0.3) is 0 Å². The Kier molecular flexibility index (Phi) is 5.79. The van der Waals surface area contributed by atoms with Crippen LogP contribution in [0.3, 0.4) is 0 Å². The second-order valence-corrected chi connectivity index (χ2v) is 5.90. The molecule has 0 aromatic heterocycles. The summed E-state index contributed by atoms with van der Waals surface area (Å²) >= 11 is 0. The molecule has 0 aliphatic rings. The average molecular weight is 362 g/mol. The SMILES string of the molecule is O=C(NCc1ccc(OCc2ccccc2)cc1)c1ccc([N+](=O)[O-])cc1. The molecule has 136 valence electrons.